The molecule has 0 aliphatic carbocycles. The van der Waals surface area contributed by atoms with E-state index in [-0.39, 0.29) is 24.0 Å². The molecule has 0 saturated carbocycles. The van der Waals surface area contributed by atoms with Gasteiger partial charge < -0.3 is 9.47 Å². The standard InChI is InChI=1S/C18H26N4O3S/c1-5-20-11-15(10-19-20)17-12-26(24,25)8-7-22(17)18(23)16-9-13(3)21(6-2)14(16)4/h9-11,17H,5-8,12H2,1-4H3/t17-/m0/s1. The fourth-order valence-electron chi connectivity index (χ4n) is 3.71. The van der Waals surface area contributed by atoms with Crippen molar-refractivity contribution in [1.82, 2.24) is 19.2 Å². The Balaban J connectivity index is 1.99. The van der Waals surface area contributed by atoms with Crippen molar-refractivity contribution in [2.75, 3.05) is 18.1 Å². The number of aromatic nitrogens is 3. The SMILES string of the molecule is CCn1cc([C@@H]2CS(=O)(=O)CCN2C(=O)c2cc(C)n(CC)c2C)cn1. The topological polar surface area (TPSA) is 77.2 Å². The molecule has 0 aromatic carbocycles. The number of carbonyl (C=O) groups is 1. The van der Waals surface area contributed by atoms with E-state index in [1.807, 2.05) is 40.0 Å². The van der Waals surface area contributed by atoms with E-state index in [4.69, 9.17) is 0 Å². The number of sulfone groups is 1. The van der Waals surface area contributed by atoms with Gasteiger partial charge in [-0.2, -0.15) is 5.10 Å². The molecule has 3 rings (SSSR count). The normalized spacial score (nSPS) is 19.7. The van der Waals surface area contributed by atoms with Crippen molar-refractivity contribution in [2.45, 2.75) is 46.8 Å². The molecule has 8 heteroatoms. The van der Waals surface area contributed by atoms with Crippen LogP contribution < -0.4 is 0 Å². The molecule has 1 aliphatic heterocycles. The summed E-state index contributed by atoms with van der Waals surface area (Å²) in [7, 11) is -3.18. The number of hydrogen-bond acceptors (Lipinski definition) is 4. The Morgan fingerprint density at radius 1 is 1.27 bits per heavy atom. The Bertz CT molecular complexity index is 926. The van der Waals surface area contributed by atoms with Gasteiger partial charge in [-0.15, -0.1) is 0 Å². The zero-order valence-electron chi connectivity index (χ0n) is 15.8. The van der Waals surface area contributed by atoms with Gasteiger partial charge in [0.2, 0.25) is 0 Å². The lowest BCUT2D eigenvalue weighted by molar-refractivity contribution is 0.0696. The Labute approximate surface area is 154 Å². The Kier molecular flexibility index (Phi) is 4.96. The molecular formula is C18H26N4O3S. The molecule has 1 atom stereocenters. The van der Waals surface area contributed by atoms with Gasteiger partial charge in [-0.25, -0.2) is 8.42 Å². The van der Waals surface area contributed by atoms with Gasteiger partial charge in [0.05, 0.1) is 29.3 Å². The first-order valence-electron chi connectivity index (χ1n) is 8.97. The van der Waals surface area contributed by atoms with Crippen LogP contribution in [0.3, 0.4) is 0 Å². The van der Waals surface area contributed by atoms with Gasteiger partial charge in [0, 0.05) is 42.8 Å². The molecule has 0 spiro atoms. The highest BCUT2D eigenvalue weighted by molar-refractivity contribution is 7.91. The van der Waals surface area contributed by atoms with Crippen LogP contribution in [0.15, 0.2) is 18.5 Å². The quantitative estimate of drug-likeness (QED) is 0.815. The maximum Gasteiger partial charge on any atom is 0.256 e. The van der Waals surface area contributed by atoms with Gasteiger partial charge in [-0.1, -0.05) is 0 Å². The van der Waals surface area contributed by atoms with E-state index in [0.717, 1.165) is 23.5 Å². The van der Waals surface area contributed by atoms with E-state index >= 15 is 0 Å². The van der Waals surface area contributed by atoms with Gasteiger partial charge >= 0.3 is 0 Å². The van der Waals surface area contributed by atoms with Crippen LogP contribution in [0.2, 0.25) is 0 Å². The monoisotopic (exact) mass is 378 g/mol. The highest BCUT2D eigenvalue weighted by Gasteiger charge is 2.37. The van der Waals surface area contributed by atoms with Crippen LogP contribution >= 0.6 is 0 Å². The molecule has 2 aromatic rings. The predicted octanol–water partition coefficient (Wildman–Crippen LogP) is 1.95. The van der Waals surface area contributed by atoms with Gasteiger partial charge in [0.1, 0.15) is 0 Å². The summed E-state index contributed by atoms with van der Waals surface area (Å²) in [5, 5.41) is 4.25. The van der Waals surface area contributed by atoms with Crippen LogP contribution in [-0.2, 0) is 22.9 Å². The van der Waals surface area contributed by atoms with E-state index in [1.165, 1.54) is 0 Å². The maximum absolute atomic E-state index is 13.3. The zero-order valence-corrected chi connectivity index (χ0v) is 16.6. The Hall–Kier alpha value is -2.09. The maximum atomic E-state index is 13.3. The molecule has 7 nitrogen and oxygen atoms in total. The minimum Gasteiger partial charge on any atom is -0.349 e. The fourth-order valence-corrected chi connectivity index (χ4v) is 5.20. The number of aryl methyl sites for hydroxylation is 2. The van der Waals surface area contributed by atoms with Crippen LogP contribution in [0.4, 0.5) is 0 Å². The molecule has 0 radical (unpaired) electrons. The summed E-state index contributed by atoms with van der Waals surface area (Å²) in [6.45, 7) is 9.64. The molecule has 26 heavy (non-hydrogen) atoms. The van der Waals surface area contributed by atoms with Crippen molar-refractivity contribution >= 4 is 15.7 Å². The number of amides is 1. The summed E-state index contributed by atoms with van der Waals surface area (Å²) in [5.41, 5.74) is 3.38. The van der Waals surface area contributed by atoms with Crippen molar-refractivity contribution < 1.29 is 13.2 Å². The van der Waals surface area contributed by atoms with E-state index in [2.05, 4.69) is 9.67 Å². The van der Waals surface area contributed by atoms with Crippen molar-refractivity contribution in [3.05, 3.63) is 41.0 Å². The first kappa shape index (κ1) is 18.7. The minimum atomic E-state index is -3.18. The third-order valence-electron chi connectivity index (χ3n) is 5.17. The molecule has 0 N–H and O–H groups in total. The second kappa shape index (κ2) is 6.90. The van der Waals surface area contributed by atoms with Crippen molar-refractivity contribution in [3.63, 3.8) is 0 Å². The van der Waals surface area contributed by atoms with Crippen LogP contribution in [0.25, 0.3) is 0 Å². The van der Waals surface area contributed by atoms with Crippen molar-refractivity contribution in [3.8, 4) is 0 Å². The second-order valence-electron chi connectivity index (χ2n) is 6.79. The molecule has 3 heterocycles. The molecule has 1 saturated heterocycles. The lowest BCUT2D eigenvalue weighted by atomic mass is 10.1. The summed E-state index contributed by atoms with van der Waals surface area (Å²) >= 11 is 0. The first-order chi connectivity index (χ1) is 12.3. The minimum absolute atomic E-state index is 0.00364. The van der Waals surface area contributed by atoms with Crippen molar-refractivity contribution in [1.29, 1.82) is 0 Å². The largest absolute Gasteiger partial charge is 0.349 e. The third-order valence-corrected chi connectivity index (χ3v) is 6.80. The van der Waals surface area contributed by atoms with E-state index in [0.29, 0.717) is 12.1 Å². The van der Waals surface area contributed by atoms with Crippen molar-refractivity contribution in [2.24, 2.45) is 0 Å². The molecule has 1 amide bonds. The van der Waals surface area contributed by atoms with Crippen LogP contribution in [0.5, 0.6) is 0 Å². The Morgan fingerprint density at radius 2 is 2.00 bits per heavy atom. The lowest BCUT2D eigenvalue weighted by Gasteiger charge is -2.35. The van der Waals surface area contributed by atoms with Gasteiger partial charge in [-0.3, -0.25) is 9.48 Å². The lowest BCUT2D eigenvalue weighted by Crippen LogP contribution is -2.46. The summed E-state index contributed by atoms with van der Waals surface area (Å²) in [4.78, 5) is 15.0. The summed E-state index contributed by atoms with van der Waals surface area (Å²) < 4.78 is 28.3. The zero-order chi connectivity index (χ0) is 19.1. The summed E-state index contributed by atoms with van der Waals surface area (Å²) in [5.74, 6) is -0.161. The summed E-state index contributed by atoms with van der Waals surface area (Å²) in [6, 6.07) is 1.41. The van der Waals surface area contributed by atoms with E-state index in [9.17, 15) is 13.2 Å². The van der Waals surface area contributed by atoms with Gasteiger partial charge in [0.15, 0.2) is 9.84 Å². The van der Waals surface area contributed by atoms with Gasteiger partial charge in [0.25, 0.3) is 5.91 Å². The molecular weight excluding hydrogens is 352 g/mol. The molecule has 1 fully saturated rings. The van der Waals surface area contributed by atoms with Crippen LogP contribution in [0, 0.1) is 13.8 Å². The number of rotatable bonds is 4. The van der Waals surface area contributed by atoms with Crippen LogP contribution in [0.1, 0.15) is 47.2 Å². The van der Waals surface area contributed by atoms with Gasteiger partial charge in [-0.05, 0) is 33.8 Å². The molecule has 0 unspecified atom stereocenters. The van der Waals surface area contributed by atoms with E-state index in [1.54, 1.807) is 15.8 Å². The second-order valence-corrected chi connectivity index (χ2v) is 9.02. The summed E-state index contributed by atoms with van der Waals surface area (Å²) in [6.07, 6.45) is 3.51. The number of carbonyl (C=O) groups excluding carboxylic acids is 1. The molecule has 142 valence electrons. The van der Waals surface area contributed by atoms with E-state index < -0.39 is 15.9 Å². The molecule has 1 aliphatic rings. The highest BCUT2D eigenvalue weighted by atomic mass is 32.2. The first-order valence-corrected chi connectivity index (χ1v) is 10.8. The number of hydrogen-bond donors (Lipinski definition) is 0. The smallest absolute Gasteiger partial charge is 0.256 e. The highest BCUT2D eigenvalue weighted by Crippen LogP contribution is 2.29. The average Bonchev–Trinajstić information content (AvgIpc) is 3.18. The Morgan fingerprint density at radius 3 is 2.58 bits per heavy atom. The third kappa shape index (κ3) is 3.30. The average molecular weight is 378 g/mol. The molecule has 2 aromatic heterocycles. The predicted molar refractivity (Wildman–Crippen MR) is 99.9 cm³/mol. The fraction of sp³-hybridized carbons (Fsp3) is 0.556. The molecule has 0 bridgehead atoms. The number of nitrogens with zero attached hydrogens (tertiary/aromatic N) is 4. The van der Waals surface area contributed by atoms with Crippen LogP contribution in [-0.4, -0.2) is 51.6 Å².